The molecule has 1 saturated carbocycles. The predicted octanol–water partition coefficient (Wildman–Crippen LogP) is 2.02. The van der Waals surface area contributed by atoms with Crippen molar-refractivity contribution in [3.05, 3.63) is 42.4 Å². The van der Waals surface area contributed by atoms with Crippen LogP contribution in [0.2, 0.25) is 0 Å². The molecule has 3 N–H and O–H groups in total. The van der Waals surface area contributed by atoms with E-state index >= 15 is 0 Å². The molecule has 4 aromatic rings. The standard InChI is InChI=1S/C25H29N7O4/c1-26-22-10-18(29-24-15(11-28-32(22)24)25(34)30-17-5-6-20(17)33)16-12-31(23-14(16)4-3-8-27-23)19-7-9-36-13-21(19)35-2/h3-4,8,10-12,17,19-21,26,33H,5-7,9,13H2,1-2H3,(H,30,34)/t17?,19-,20?,21+/m1/s1. The maximum atomic E-state index is 13.0. The minimum atomic E-state index is -0.507. The molecule has 1 amide bonds. The van der Waals surface area contributed by atoms with Gasteiger partial charge in [0, 0.05) is 50.2 Å². The maximum Gasteiger partial charge on any atom is 0.257 e. The third kappa shape index (κ3) is 3.71. The number of hydrogen-bond donors (Lipinski definition) is 3. The lowest BCUT2D eigenvalue weighted by atomic mass is 9.89. The molecule has 36 heavy (non-hydrogen) atoms. The van der Waals surface area contributed by atoms with Crippen molar-refractivity contribution in [1.82, 2.24) is 29.5 Å². The predicted molar refractivity (Wildman–Crippen MR) is 133 cm³/mol. The SMILES string of the molecule is CNc1cc(-c2cn([C@@H]3CCOC[C@@H]3OC)c3ncccc23)nc2c(C(=O)NC3CCC3O)cnn12. The molecule has 1 aliphatic carbocycles. The number of aliphatic hydroxyl groups excluding tert-OH is 1. The van der Waals surface area contributed by atoms with Crippen LogP contribution in [0.4, 0.5) is 5.82 Å². The molecule has 6 rings (SSSR count). The number of nitrogens with one attached hydrogen (secondary N) is 2. The van der Waals surface area contributed by atoms with Crippen molar-refractivity contribution in [2.45, 2.75) is 43.6 Å². The van der Waals surface area contributed by atoms with E-state index in [1.807, 2.05) is 18.2 Å². The molecule has 0 aromatic carbocycles. The van der Waals surface area contributed by atoms with E-state index in [0.717, 1.165) is 29.4 Å². The molecule has 1 aliphatic heterocycles. The first-order chi connectivity index (χ1) is 17.6. The summed E-state index contributed by atoms with van der Waals surface area (Å²) in [6.07, 6.45) is 7.04. The van der Waals surface area contributed by atoms with E-state index in [9.17, 15) is 9.90 Å². The van der Waals surface area contributed by atoms with E-state index in [-0.39, 0.29) is 24.1 Å². The number of methoxy groups -OCH3 is 1. The Hall–Kier alpha value is -3.54. The summed E-state index contributed by atoms with van der Waals surface area (Å²) < 4.78 is 15.1. The van der Waals surface area contributed by atoms with Gasteiger partial charge in [0.25, 0.3) is 5.91 Å². The quantitative estimate of drug-likeness (QED) is 0.374. The van der Waals surface area contributed by atoms with Crippen LogP contribution in [0.1, 0.15) is 35.7 Å². The van der Waals surface area contributed by atoms with E-state index in [4.69, 9.17) is 14.5 Å². The molecule has 1 saturated heterocycles. The van der Waals surface area contributed by atoms with Gasteiger partial charge in [-0.3, -0.25) is 4.79 Å². The number of rotatable bonds is 6. The van der Waals surface area contributed by atoms with E-state index in [2.05, 4.69) is 31.5 Å². The van der Waals surface area contributed by atoms with Crippen LogP contribution in [0, 0.1) is 0 Å². The molecule has 0 bridgehead atoms. The highest BCUT2D eigenvalue weighted by Gasteiger charge is 2.32. The van der Waals surface area contributed by atoms with Crippen LogP contribution in [0.5, 0.6) is 0 Å². The van der Waals surface area contributed by atoms with Gasteiger partial charge in [0.2, 0.25) is 0 Å². The Bertz CT molecular complexity index is 1430. The Balaban J connectivity index is 1.47. The Labute approximate surface area is 207 Å². The number of aliphatic hydroxyl groups is 1. The number of amides is 1. The van der Waals surface area contributed by atoms with E-state index < -0.39 is 6.10 Å². The van der Waals surface area contributed by atoms with Crippen molar-refractivity contribution in [2.24, 2.45) is 0 Å². The molecule has 11 heteroatoms. The Morgan fingerprint density at radius 2 is 2.17 bits per heavy atom. The first-order valence-corrected chi connectivity index (χ1v) is 12.2. The van der Waals surface area contributed by atoms with Crippen molar-refractivity contribution in [1.29, 1.82) is 0 Å². The van der Waals surface area contributed by atoms with Crippen LogP contribution in [0.25, 0.3) is 27.9 Å². The van der Waals surface area contributed by atoms with Crippen molar-refractivity contribution in [3.63, 3.8) is 0 Å². The highest BCUT2D eigenvalue weighted by Crippen LogP contribution is 2.35. The summed E-state index contributed by atoms with van der Waals surface area (Å²) in [5, 5.41) is 21.3. The van der Waals surface area contributed by atoms with Crippen LogP contribution in [-0.4, -0.2) is 80.8 Å². The zero-order chi connectivity index (χ0) is 24.8. The fraction of sp³-hybridized carbons (Fsp3) is 0.440. The number of aromatic nitrogens is 5. The second-order valence-corrected chi connectivity index (χ2v) is 9.32. The molecule has 2 unspecified atom stereocenters. The monoisotopic (exact) mass is 491 g/mol. The minimum absolute atomic E-state index is 0.0765. The van der Waals surface area contributed by atoms with Crippen LogP contribution < -0.4 is 10.6 Å². The number of pyridine rings is 1. The van der Waals surface area contributed by atoms with Gasteiger partial charge in [0.15, 0.2) is 5.65 Å². The number of fused-ring (bicyclic) bond motifs is 2. The smallest absolute Gasteiger partial charge is 0.257 e. The van der Waals surface area contributed by atoms with Gasteiger partial charge in [-0.25, -0.2) is 9.97 Å². The summed E-state index contributed by atoms with van der Waals surface area (Å²) in [4.78, 5) is 22.6. The second-order valence-electron chi connectivity index (χ2n) is 9.32. The second kappa shape index (κ2) is 9.16. The Morgan fingerprint density at radius 3 is 2.92 bits per heavy atom. The van der Waals surface area contributed by atoms with Gasteiger partial charge in [0.1, 0.15) is 23.1 Å². The number of nitrogens with zero attached hydrogens (tertiary/aromatic N) is 5. The van der Waals surface area contributed by atoms with Crippen molar-refractivity contribution in [3.8, 4) is 11.3 Å². The third-order valence-corrected chi connectivity index (χ3v) is 7.32. The van der Waals surface area contributed by atoms with Crippen molar-refractivity contribution < 1.29 is 19.4 Å². The normalized spacial score (nSPS) is 24.1. The van der Waals surface area contributed by atoms with Gasteiger partial charge in [-0.05, 0) is 31.4 Å². The highest BCUT2D eigenvalue weighted by atomic mass is 16.5. The molecular weight excluding hydrogens is 462 g/mol. The average Bonchev–Trinajstić information content (AvgIpc) is 3.52. The maximum absolute atomic E-state index is 13.0. The summed E-state index contributed by atoms with van der Waals surface area (Å²) >= 11 is 0. The first-order valence-electron chi connectivity index (χ1n) is 12.2. The lowest BCUT2D eigenvalue weighted by molar-refractivity contribution is -0.0592. The number of anilines is 1. The number of carbonyl (C=O) groups excluding carboxylic acids is 1. The molecule has 0 spiro atoms. The molecule has 4 aromatic heterocycles. The van der Waals surface area contributed by atoms with Gasteiger partial charge >= 0.3 is 0 Å². The van der Waals surface area contributed by atoms with Crippen LogP contribution in [0.3, 0.4) is 0 Å². The topological polar surface area (TPSA) is 128 Å². The summed E-state index contributed by atoms with van der Waals surface area (Å²) in [6.45, 7) is 1.19. The number of hydrogen-bond acceptors (Lipinski definition) is 8. The summed E-state index contributed by atoms with van der Waals surface area (Å²) in [5.74, 6) is 0.401. The number of carbonyl (C=O) groups is 1. The zero-order valence-electron chi connectivity index (χ0n) is 20.2. The van der Waals surface area contributed by atoms with Crippen LogP contribution in [-0.2, 0) is 9.47 Å². The van der Waals surface area contributed by atoms with E-state index in [1.54, 1.807) is 24.9 Å². The fourth-order valence-corrected chi connectivity index (χ4v) is 5.12. The van der Waals surface area contributed by atoms with Crippen molar-refractivity contribution >= 4 is 28.4 Å². The Kier molecular flexibility index (Phi) is 5.82. The number of ether oxygens (including phenoxy) is 2. The van der Waals surface area contributed by atoms with Gasteiger partial charge in [-0.2, -0.15) is 9.61 Å². The summed E-state index contributed by atoms with van der Waals surface area (Å²) in [7, 11) is 3.51. The van der Waals surface area contributed by atoms with Gasteiger partial charge in [0.05, 0.1) is 36.7 Å². The lowest BCUT2D eigenvalue weighted by Gasteiger charge is -2.32. The van der Waals surface area contributed by atoms with Gasteiger partial charge in [-0.1, -0.05) is 0 Å². The molecular formula is C25H29N7O4. The highest BCUT2D eigenvalue weighted by molar-refractivity contribution is 6.01. The first kappa shape index (κ1) is 22.9. The Morgan fingerprint density at radius 1 is 1.28 bits per heavy atom. The summed E-state index contributed by atoms with van der Waals surface area (Å²) in [6, 6.07) is 5.70. The molecule has 4 atom stereocenters. The average molecular weight is 492 g/mol. The van der Waals surface area contributed by atoms with E-state index in [0.29, 0.717) is 42.4 Å². The molecule has 2 aliphatic rings. The van der Waals surface area contributed by atoms with E-state index in [1.165, 1.54) is 6.20 Å². The molecule has 5 heterocycles. The molecule has 2 fully saturated rings. The third-order valence-electron chi connectivity index (χ3n) is 7.32. The largest absolute Gasteiger partial charge is 0.391 e. The summed E-state index contributed by atoms with van der Waals surface area (Å²) in [5.41, 5.74) is 3.25. The lowest BCUT2D eigenvalue weighted by Crippen LogP contribution is -2.50. The van der Waals surface area contributed by atoms with Crippen LogP contribution >= 0.6 is 0 Å². The van der Waals surface area contributed by atoms with Crippen molar-refractivity contribution in [2.75, 3.05) is 32.7 Å². The zero-order valence-corrected chi connectivity index (χ0v) is 20.2. The molecule has 188 valence electrons. The van der Waals surface area contributed by atoms with Gasteiger partial charge < -0.3 is 29.8 Å². The molecule has 11 nitrogen and oxygen atoms in total. The van der Waals surface area contributed by atoms with Gasteiger partial charge in [-0.15, -0.1) is 0 Å². The molecule has 0 radical (unpaired) electrons. The van der Waals surface area contributed by atoms with Crippen LogP contribution in [0.15, 0.2) is 36.8 Å². The minimum Gasteiger partial charge on any atom is -0.391 e. The fourth-order valence-electron chi connectivity index (χ4n) is 5.12.